The number of nitrogen functional groups attached to an aromatic ring is 1. The van der Waals surface area contributed by atoms with Crippen LogP contribution in [-0.2, 0) is 17.0 Å². The van der Waals surface area contributed by atoms with E-state index < -0.39 is 0 Å². The molecule has 0 radical (unpaired) electrons. The molecule has 92 valence electrons. The first-order valence-corrected chi connectivity index (χ1v) is 6.58. The van der Waals surface area contributed by atoms with Crippen LogP contribution >= 0.6 is 11.8 Å². The second-order valence-corrected chi connectivity index (χ2v) is 5.16. The molecule has 1 aromatic carbocycles. The molecule has 3 rings (SSSR count). The van der Waals surface area contributed by atoms with Gasteiger partial charge in [-0.2, -0.15) is 0 Å². The van der Waals surface area contributed by atoms with Gasteiger partial charge in [0, 0.05) is 16.3 Å². The highest BCUT2D eigenvalue weighted by molar-refractivity contribution is 7.98. The molecular weight excluding hydrogens is 248 g/mol. The number of anilines is 2. The van der Waals surface area contributed by atoms with E-state index in [9.17, 15) is 4.79 Å². The lowest BCUT2D eigenvalue weighted by atomic mass is 10.1. The summed E-state index contributed by atoms with van der Waals surface area (Å²) in [5.41, 5.74) is 8.54. The van der Waals surface area contributed by atoms with E-state index in [1.165, 1.54) is 0 Å². The number of carbonyl (C=O) groups is 1. The Bertz CT molecular complexity index is 593. The molecule has 0 spiro atoms. The number of nitrogens with two attached hydrogens (primary N) is 1. The van der Waals surface area contributed by atoms with Crippen LogP contribution < -0.4 is 11.1 Å². The summed E-state index contributed by atoms with van der Waals surface area (Å²) < 4.78 is 5.27. The van der Waals surface area contributed by atoms with Crippen LogP contribution in [0.15, 0.2) is 39.8 Å². The Morgan fingerprint density at radius 1 is 1.44 bits per heavy atom. The van der Waals surface area contributed by atoms with Crippen molar-refractivity contribution in [3.8, 4) is 0 Å². The van der Waals surface area contributed by atoms with Crippen LogP contribution in [0.25, 0.3) is 0 Å². The number of benzene rings is 1. The maximum atomic E-state index is 11.3. The van der Waals surface area contributed by atoms with Crippen LogP contribution in [0.5, 0.6) is 0 Å². The summed E-state index contributed by atoms with van der Waals surface area (Å²) in [6.07, 6.45) is 2.07. The fraction of sp³-hybridized carbons (Fsp3) is 0.154. The van der Waals surface area contributed by atoms with Gasteiger partial charge in [-0.1, -0.05) is 0 Å². The lowest BCUT2D eigenvalue weighted by Crippen LogP contribution is -2.03. The minimum absolute atomic E-state index is 0.0255. The van der Waals surface area contributed by atoms with Crippen LogP contribution in [0.1, 0.15) is 11.3 Å². The number of carbonyl (C=O) groups excluding carboxylic acids is 1. The normalized spacial score (nSPS) is 13.4. The molecule has 4 nitrogen and oxygen atoms in total. The van der Waals surface area contributed by atoms with Gasteiger partial charge in [-0.3, -0.25) is 4.79 Å². The number of fused-ring (bicyclic) bond motifs is 1. The zero-order valence-corrected chi connectivity index (χ0v) is 10.4. The first-order valence-electron chi connectivity index (χ1n) is 5.60. The van der Waals surface area contributed by atoms with Crippen LogP contribution in [0.4, 0.5) is 11.4 Å². The van der Waals surface area contributed by atoms with Crippen molar-refractivity contribution in [2.45, 2.75) is 17.1 Å². The highest BCUT2D eigenvalue weighted by Gasteiger charge is 2.19. The van der Waals surface area contributed by atoms with Crippen molar-refractivity contribution in [1.82, 2.24) is 0 Å². The summed E-state index contributed by atoms with van der Waals surface area (Å²) in [6, 6.07) is 7.60. The van der Waals surface area contributed by atoms with E-state index in [1.807, 2.05) is 24.3 Å². The predicted octanol–water partition coefficient (Wildman–Crippen LogP) is 2.65. The van der Waals surface area contributed by atoms with Gasteiger partial charge < -0.3 is 15.5 Å². The third-order valence-electron chi connectivity index (χ3n) is 2.81. The van der Waals surface area contributed by atoms with Crippen LogP contribution in [0, 0.1) is 0 Å². The fourth-order valence-electron chi connectivity index (χ4n) is 1.94. The Kier molecular flexibility index (Phi) is 2.76. The van der Waals surface area contributed by atoms with Gasteiger partial charge in [-0.05, 0) is 29.8 Å². The molecule has 0 bridgehead atoms. The Morgan fingerprint density at radius 2 is 2.33 bits per heavy atom. The Balaban J connectivity index is 1.80. The molecule has 0 aliphatic carbocycles. The van der Waals surface area contributed by atoms with Gasteiger partial charge in [-0.15, -0.1) is 11.8 Å². The second-order valence-electron chi connectivity index (χ2n) is 4.14. The van der Waals surface area contributed by atoms with E-state index in [4.69, 9.17) is 10.2 Å². The summed E-state index contributed by atoms with van der Waals surface area (Å²) >= 11 is 1.60. The van der Waals surface area contributed by atoms with Gasteiger partial charge in [0.25, 0.3) is 0 Å². The van der Waals surface area contributed by atoms with E-state index in [0.29, 0.717) is 12.1 Å². The van der Waals surface area contributed by atoms with Crippen molar-refractivity contribution in [2.75, 3.05) is 11.1 Å². The first kappa shape index (κ1) is 11.2. The Hall–Kier alpha value is -1.88. The third kappa shape index (κ3) is 2.09. The molecule has 2 aromatic rings. The molecule has 1 aromatic heterocycles. The van der Waals surface area contributed by atoms with Crippen molar-refractivity contribution >= 4 is 29.0 Å². The van der Waals surface area contributed by atoms with Gasteiger partial charge in [0.2, 0.25) is 5.91 Å². The number of hydrogen-bond acceptors (Lipinski definition) is 4. The summed E-state index contributed by atoms with van der Waals surface area (Å²) in [5.74, 6) is 1.66. The molecule has 1 amide bonds. The molecule has 1 aliphatic heterocycles. The molecule has 1 aliphatic rings. The Morgan fingerprint density at radius 3 is 3.11 bits per heavy atom. The topological polar surface area (TPSA) is 68.3 Å². The lowest BCUT2D eigenvalue weighted by molar-refractivity contribution is -0.115. The minimum atomic E-state index is 0.0255. The minimum Gasteiger partial charge on any atom is -0.468 e. The van der Waals surface area contributed by atoms with Crippen molar-refractivity contribution in [3.63, 3.8) is 0 Å². The standard InChI is InChI=1S/C13H12N2O2S/c14-10-4-8-5-13(16)15-11(8)6-12(10)18-7-9-2-1-3-17-9/h1-4,6H,5,7,14H2,(H,15,16). The van der Waals surface area contributed by atoms with Gasteiger partial charge in [0.15, 0.2) is 0 Å². The van der Waals surface area contributed by atoms with Gasteiger partial charge in [0.05, 0.1) is 18.4 Å². The van der Waals surface area contributed by atoms with E-state index in [0.717, 1.165) is 27.7 Å². The molecule has 0 fully saturated rings. The highest BCUT2D eigenvalue weighted by Crippen LogP contribution is 2.35. The zero-order valence-electron chi connectivity index (χ0n) is 9.60. The summed E-state index contributed by atoms with van der Waals surface area (Å²) in [4.78, 5) is 12.3. The predicted molar refractivity (Wildman–Crippen MR) is 71.5 cm³/mol. The van der Waals surface area contributed by atoms with Crippen molar-refractivity contribution in [3.05, 3.63) is 41.9 Å². The maximum Gasteiger partial charge on any atom is 0.228 e. The largest absolute Gasteiger partial charge is 0.468 e. The molecule has 0 unspecified atom stereocenters. The van der Waals surface area contributed by atoms with Gasteiger partial charge in [-0.25, -0.2) is 0 Å². The number of thioether (sulfide) groups is 1. The maximum absolute atomic E-state index is 11.3. The number of amides is 1. The molecule has 18 heavy (non-hydrogen) atoms. The smallest absolute Gasteiger partial charge is 0.228 e. The molecule has 0 saturated carbocycles. The zero-order chi connectivity index (χ0) is 12.5. The number of furan rings is 1. The molecule has 5 heteroatoms. The van der Waals surface area contributed by atoms with E-state index in [2.05, 4.69) is 5.32 Å². The van der Waals surface area contributed by atoms with E-state index >= 15 is 0 Å². The average molecular weight is 260 g/mol. The average Bonchev–Trinajstić information content (AvgIpc) is 2.94. The summed E-state index contributed by atoms with van der Waals surface area (Å²) in [7, 11) is 0. The van der Waals surface area contributed by atoms with Crippen LogP contribution in [-0.4, -0.2) is 5.91 Å². The van der Waals surface area contributed by atoms with E-state index in [1.54, 1.807) is 18.0 Å². The highest BCUT2D eigenvalue weighted by atomic mass is 32.2. The molecule has 0 atom stereocenters. The van der Waals surface area contributed by atoms with Crippen LogP contribution in [0.2, 0.25) is 0 Å². The van der Waals surface area contributed by atoms with E-state index in [-0.39, 0.29) is 5.91 Å². The fourth-order valence-corrected chi connectivity index (χ4v) is 2.83. The van der Waals surface area contributed by atoms with Gasteiger partial charge >= 0.3 is 0 Å². The second kappa shape index (κ2) is 4.42. The summed E-state index contributed by atoms with van der Waals surface area (Å²) in [5, 5.41) is 2.83. The SMILES string of the molecule is Nc1cc2c(cc1SCc1ccco1)NC(=O)C2. The van der Waals surface area contributed by atoms with Crippen molar-refractivity contribution in [1.29, 1.82) is 0 Å². The number of nitrogens with one attached hydrogen (secondary N) is 1. The number of rotatable bonds is 3. The first-order chi connectivity index (χ1) is 8.72. The molecular formula is C13H12N2O2S. The molecule has 3 N–H and O–H groups in total. The Labute approximate surface area is 109 Å². The quantitative estimate of drug-likeness (QED) is 0.657. The molecule has 2 heterocycles. The van der Waals surface area contributed by atoms with Crippen molar-refractivity contribution in [2.24, 2.45) is 0 Å². The van der Waals surface area contributed by atoms with Crippen LogP contribution in [0.3, 0.4) is 0 Å². The van der Waals surface area contributed by atoms with Gasteiger partial charge in [0.1, 0.15) is 5.76 Å². The lowest BCUT2D eigenvalue weighted by Gasteiger charge is -2.07. The van der Waals surface area contributed by atoms with Crippen molar-refractivity contribution < 1.29 is 9.21 Å². The third-order valence-corrected chi connectivity index (χ3v) is 3.90. The number of hydrogen-bond donors (Lipinski definition) is 2. The summed E-state index contributed by atoms with van der Waals surface area (Å²) in [6.45, 7) is 0. The molecule has 0 saturated heterocycles. The monoisotopic (exact) mass is 260 g/mol.